The summed E-state index contributed by atoms with van der Waals surface area (Å²) in [5.41, 5.74) is 0. The predicted molar refractivity (Wildman–Crippen MR) is 17.8 cm³/mol. The Kier molecular flexibility index (Phi) is 2.99. The third-order valence-corrected chi connectivity index (χ3v) is 0.163. The number of hydrogen-bond acceptors (Lipinski definition) is 3. The summed E-state index contributed by atoms with van der Waals surface area (Å²) in [7, 11) is 3.00. The molecule has 0 aliphatic rings. The van der Waals surface area contributed by atoms with Gasteiger partial charge in [-0.2, -0.15) is 5.11 Å². The van der Waals surface area contributed by atoms with Gasteiger partial charge in [-0.05, 0) is 0 Å². The maximum absolute atomic E-state index is 4.15. The highest BCUT2D eigenvalue weighted by Gasteiger charge is 1.47. The van der Waals surface area contributed by atoms with Crippen molar-refractivity contribution < 1.29 is 4.84 Å². The molecule has 0 amide bonds. The van der Waals surface area contributed by atoms with Gasteiger partial charge in [0.1, 0.15) is 7.11 Å². The standard InChI is InChI=1S/C2H6N2O/c1-3-4-5-2/h1-2H3. The second-order valence-electron chi connectivity index (χ2n) is 0.464. The van der Waals surface area contributed by atoms with Gasteiger partial charge < -0.3 is 4.84 Å². The van der Waals surface area contributed by atoms with Crippen LogP contribution in [-0.2, 0) is 4.84 Å². The number of rotatable bonds is 1. The van der Waals surface area contributed by atoms with E-state index in [1.807, 2.05) is 0 Å². The van der Waals surface area contributed by atoms with E-state index in [0.29, 0.717) is 0 Å². The van der Waals surface area contributed by atoms with Crippen molar-refractivity contribution in [1.29, 1.82) is 0 Å². The van der Waals surface area contributed by atoms with Crippen LogP contribution in [0.4, 0.5) is 0 Å². The largest absolute Gasteiger partial charge is 0.383 e. The average Bonchev–Trinajstić information content (AvgIpc) is 1.41. The van der Waals surface area contributed by atoms with Crippen molar-refractivity contribution in [3.63, 3.8) is 0 Å². The molecule has 0 saturated heterocycles. The molecule has 3 nitrogen and oxygen atoms in total. The van der Waals surface area contributed by atoms with Gasteiger partial charge in [0.25, 0.3) is 0 Å². The van der Waals surface area contributed by atoms with E-state index in [0.717, 1.165) is 0 Å². The zero-order chi connectivity index (χ0) is 4.12. The first-order chi connectivity index (χ1) is 2.41. The van der Waals surface area contributed by atoms with Crippen LogP contribution in [0.1, 0.15) is 0 Å². The SMILES string of the molecule is CN=NOC. The highest BCUT2D eigenvalue weighted by Crippen LogP contribution is 1.62. The topological polar surface area (TPSA) is 34.0 Å². The molecule has 0 rings (SSSR count). The second kappa shape index (κ2) is 3.40. The van der Waals surface area contributed by atoms with Crippen LogP contribution in [0.5, 0.6) is 0 Å². The third kappa shape index (κ3) is 3.40. The van der Waals surface area contributed by atoms with Crippen molar-refractivity contribution in [3.05, 3.63) is 0 Å². The van der Waals surface area contributed by atoms with Gasteiger partial charge in [-0.25, -0.2) is 0 Å². The Morgan fingerprint density at radius 2 is 2.20 bits per heavy atom. The molecule has 0 bridgehead atoms. The van der Waals surface area contributed by atoms with Crippen molar-refractivity contribution >= 4 is 0 Å². The average molecular weight is 74.1 g/mol. The third-order valence-electron chi connectivity index (χ3n) is 0.163. The molecule has 0 N–H and O–H groups in total. The van der Waals surface area contributed by atoms with Crippen LogP contribution in [-0.4, -0.2) is 14.2 Å². The van der Waals surface area contributed by atoms with Crippen molar-refractivity contribution in [1.82, 2.24) is 0 Å². The van der Waals surface area contributed by atoms with E-state index in [1.165, 1.54) is 7.11 Å². The van der Waals surface area contributed by atoms with Crippen LogP contribution in [0.25, 0.3) is 0 Å². The van der Waals surface area contributed by atoms with Crippen molar-refractivity contribution in [3.8, 4) is 0 Å². The molecule has 0 aromatic rings. The molecule has 0 saturated carbocycles. The Labute approximate surface area is 30.6 Å². The van der Waals surface area contributed by atoms with Crippen molar-refractivity contribution in [2.24, 2.45) is 10.4 Å². The van der Waals surface area contributed by atoms with E-state index in [4.69, 9.17) is 0 Å². The van der Waals surface area contributed by atoms with Gasteiger partial charge in [0, 0.05) is 5.28 Å². The molecule has 0 aliphatic heterocycles. The van der Waals surface area contributed by atoms with Crippen LogP contribution in [0.3, 0.4) is 0 Å². The van der Waals surface area contributed by atoms with Crippen LogP contribution >= 0.6 is 0 Å². The molecule has 0 atom stereocenters. The summed E-state index contributed by atoms with van der Waals surface area (Å²) in [4.78, 5) is 4.15. The van der Waals surface area contributed by atoms with Crippen molar-refractivity contribution in [2.45, 2.75) is 0 Å². The summed E-state index contributed by atoms with van der Waals surface area (Å²) >= 11 is 0. The molecule has 5 heavy (non-hydrogen) atoms. The van der Waals surface area contributed by atoms with Gasteiger partial charge in [0.05, 0.1) is 7.05 Å². The minimum atomic E-state index is 1.45. The van der Waals surface area contributed by atoms with Gasteiger partial charge in [-0.15, -0.1) is 0 Å². The lowest BCUT2D eigenvalue weighted by atomic mass is 11.6. The van der Waals surface area contributed by atoms with E-state index < -0.39 is 0 Å². The Morgan fingerprint density at radius 3 is 2.20 bits per heavy atom. The fourth-order valence-corrected chi connectivity index (χ4v) is 0.0816. The number of hydrogen-bond donors (Lipinski definition) is 0. The van der Waals surface area contributed by atoms with Gasteiger partial charge >= 0.3 is 0 Å². The highest BCUT2D eigenvalue weighted by molar-refractivity contribution is 3.87. The fraction of sp³-hybridized carbons (Fsp3) is 1.00. The Hall–Kier alpha value is -0.600. The zero-order valence-corrected chi connectivity index (χ0v) is 3.30. The summed E-state index contributed by atoms with van der Waals surface area (Å²) in [6.07, 6.45) is 0. The second-order valence-corrected chi connectivity index (χ2v) is 0.464. The summed E-state index contributed by atoms with van der Waals surface area (Å²) in [6.45, 7) is 0. The van der Waals surface area contributed by atoms with Gasteiger partial charge in [0.15, 0.2) is 0 Å². The molecular formula is C2H6N2O. The smallest absolute Gasteiger partial charge is 0.108 e. The lowest BCUT2D eigenvalue weighted by Crippen LogP contribution is -1.58. The Morgan fingerprint density at radius 1 is 1.60 bits per heavy atom. The predicted octanol–water partition coefficient (Wildman–Crippen LogP) is 0.630. The molecule has 0 aliphatic carbocycles. The first-order valence-electron chi connectivity index (χ1n) is 1.24. The normalized spacial score (nSPS) is 9.20. The Bertz CT molecular complexity index is 34.6. The van der Waals surface area contributed by atoms with E-state index >= 15 is 0 Å². The molecule has 0 spiro atoms. The maximum Gasteiger partial charge on any atom is 0.108 e. The lowest BCUT2D eigenvalue weighted by molar-refractivity contribution is 0.188. The van der Waals surface area contributed by atoms with Gasteiger partial charge in [-0.3, -0.25) is 0 Å². The van der Waals surface area contributed by atoms with Crippen LogP contribution < -0.4 is 0 Å². The van der Waals surface area contributed by atoms with Gasteiger partial charge in [0.2, 0.25) is 0 Å². The van der Waals surface area contributed by atoms with Gasteiger partial charge in [-0.1, -0.05) is 0 Å². The quantitative estimate of drug-likeness (QED) is 0.331. The monoisotopic (exact) mass is 74.0 g/mol. The summed E-state index contributed by atoms with van der Waals surface area (Å²) < 4.78 is 0. The minimum absolute atomic E-state index is 1.45. The maximum atomic E-state index is 4.15. The van der Waals surface area contributed by atoms with E-state index in [1.54, 1.807) is 7.05 Å². The molecular weight excluding hydrogens is 68.0 g/mol. The first-order valence-corrected chi connectivity index (χ1v) is 1.24. The van der Waals surface area contributed by atoms with E-state index in [9.17, 15) is 0 Å². The lowest BCUT2D eigenvalue weighted by Gasteiger charge is -1.73. The number of nitrogens with zero attached hydrogens (tertiary/aromatic N) is 2. The van der Waals surface area contributed by atoms with E-state index in [2.05, 4.69) is 15.2 Å². The molecule has 30 valence electrons. The zero-order valence-electron chi connectivity index (χ0n) is 3.30. The molecule has 0 heterocycles. The van der Waals surface area contributed by atoms with Crippen LogP contribution in [0.15, 0.2) is 10.4 Å². The minimum Gasteiger partial charge on any atom is -0.383 e. The van der Waals surface area contributed by atoms with Crippen molar-refractivity contribution in [2.75, 3.05) is 14.2 Å². The molecule has 0 aromatic heterocycles. The molecule has 0 unspecified atom stereocenters. The Balaban J connectivity index is 2.62. The van der Waals surface area contributed by atoms with Crippen LogP contribution in [0, 0.1) is 0 Å². The molecule has 0 aromatic carbocycles. The molecule has 0 radical (unpaired) electrons. The fourth-order valence-electron chi connectivity index (χ4n) is 0.0816. The first kappa shape index (κ1) is 4.40. The van der Waals surface area contributed by atoms with E-state index in [-0.39, 0.29) is 0 Å². The summed E-state index contributed by atoms with van der Waals surface area (Å²) in [5.74, 6) is 0. The summed E-state index contributed by atoms with van der Waals surface area (Å²) in [5, 5.41) is 6.35. The highest BCUT2D eigenvalue weighted by atomic mass is 16.6. The van der Waals surface area contributed by atoms with Crippen LogP contribution in [0.2, 0.25) is 0 Å². The summed E-state index contributed by atoms with van der Waals surface area (Å²) in [6, 6.07) is 0. The molecule has 0 fully saturated rings. The molecule has 3 heteroatoms.